The van der Waals surface area contributed by atoms with Gasteiger partial charge in [0.15, 0.2) is 9.84 Å². The Labute approximate surface area is 185 Å². The fourth-order valence-corrected chi connectivity index (χ4v) is 4.96. The molecule has 1 aromatic heterocycles. The van der Waals surface area contributed by atoms with E-state index < -0.39 is 27.6 Å². The van der Waals surface area contributed by atoms with E-state index in [9.17, 15) is 23.2 Å². The number of fused-ring (bicyclic) bond motifs is 1. The zero-order valence-corrected chi connectivity index (χ0v) is 18.3. The first-order valence-corrected chi connectivity index (χ1v) is 11.3. The monoisotopic (exact) mass is 458 g/mol. The molecule has 0 aliphatic rings. The van der Waals surface area contributed by atoms with Gasteiger partial charge in [-0.05, 0) is 35.4 Å². The lowest BCUT2D eigenvalue weighted by atomic mass is 10.0. The summed E-state index contributed by atoms with van der Waals surface area (Å²) >= 11 is 0. The second-order valence-electron chi connectivity index (χ2n) is 7.04. The summed E-state index contributed by atoms with van der Waals surface area (Å²) in [6.07, 6.45) is 1.59. The van der Waals surface area contributed by atoms with E-state index >= 15 is 0 Å². The van der Waals surface area contributed by atoms with Gasteiger partial charge in [-0.15, -0.1) is 0 Å². The van der Waals surface area contributed by atoms with Gasteiger partial charge in [-0.25, -0.2) is 18.3 Å². The highest BCUT2D eigenvalue weighted by molar-refractivity contribution is 7.90. The van der Waals surface area contributed by atoms with E-state index in [0.29, 0.717) is 5.56 Å². The van der Waals surface area contributed by atoms with Gasteiger partial charge in [0.05, 0.1) is 37.3 Å². The predicted molar refractivity (Wildman–Crippen MR) is 116 cm³/mol. The van der Waals surface area contributed by atoms with Crippen LogP contribution in [0, 0.1) is 0 Å². The van der Waals surface area contributed by atoms with Crippen molar-refractivity contribution in [1.82, 2.24) is 10.0 Å². The molecular formula is C22H22N2O7S. The Morgan fingerprint density at radius 2 is 1.94 bits per heavy atom. The predicted octanol–water partition coefficient (Wildman–Crippen LogP) is 2.53. The van der Waals surface area contributed by atoms with E-state index in [1.165, 1.54) is 38.6 Å². The summed E-state index contributed by atoms with van der Waals surface area (Å²) in [6, 6.07) is 12.0. The second-order valence-corrected chi connectivity index (χ2v) is 9.15. The maximum Gasteiger partial charge on any atom is 0.341 e. The molecule has 0 saturated carbocycles. The zero-order chi connectivity index (χ0) is 23.3. The molecule has 9 nitrogen and oxygen atoms in total. The number of pyridine rings is 1. The number of methoxy groups -OCH3 is 2. The zero-order valence-electron chi connectivity index (χ0n) is 17.5. The van der Waals surface area contributed by atoms with Crippen LogP contribution in [0.25, 0.3) is 10.9 Å². The third-order valence-electron chi connectivity index (χ3n) is 4.89. The van der Waals surface area contributed by atoms with Crippen LogP contribution < -0.4 is 4.74 Å². The minimum atomic E-state index is -3.81. The van der Waals surface area contributed by atoms with Crippen molar-refractivity contribution < 1.29 is 32.7 Å². The molecule has 0 saturated heterocycles. The molecule has 0 fully saturated rings. The first kappa shape index (κ1) is 23.2. The molecule has 2 aromatic carbocycles. The summed E-state index contributed by atoms with van der Waals surface area (Å²) in [7, 11) is -1.25. The summed E-state index contributed by atoms with van der Waals surface area (Å²) < 4.78 is 35.7. The Kier molecular flexibility index (Phi) is 7.06. The summed E-state index contributed by atoms with van der Waals surface area (Å²) in [4.78, 5) is 27.6. The average molecular weight is 458 g/mol. The van der Waals surface area contributed by atoms with Crippen molar-refractivity contribution in [3.8, 4) is 5.75 Å². The molecule has 0 radical (unpaired) electrons. The van der Waals surface area contributed by atoms with Crippen LogP contribution in [-0.2, 0) is 25.1 Å². The molecule has 10 heteroatoms. The van der Waals surface area contributed by atoms with E-state index in [2.05, 4.69) is 4.98 Å². The topological polar surface area (TPSA) is 123 Å². The fraction of sp³-hybridized carbons (Fsp3) is 0.227. The first-order valence-electron chi connectivity index (χ1n) is 9.51. The summed E-state index contributed by atoms with van der Waals surface area (Å²) in [5.41, 5.74) is 1.47. The molecule has 1 amide bonds. The van der Waals surface area contributed by atoms with Crippen molar-refractivity contribution in [2.24, 2.45) is 0 Å². The smallest absolute Gasteiger partial charge is 0.341 e. The van der Waals surface area contributed by atoms with E-state index in [1.807, 2.05) is 24.3 Å². The summed E-state index contributed by atoms with van der Waals surface area (Å²) in [5, 5.41) is 11.2. The number of hydrogen-bond donors (Lipinski definition) is 1. The van der Waals surface area contributed by atoms with Crippen LogP contribution >= 0.6 is 0 Å². The highest BCUT2D eigenvalue weighted by atomic mass is 32.2. The molecule has 168 valence electrons. The third-order valence-corrected chi connectivity index (χ3v) is 6.48. The highest BCUT2D eigenvalue weighted by Gasteiger charge is 2.28. The molecule has 1 atom stereocenters. The number of nitrogens with zero attached hydrogens (tertiary/aromatic N) is 2. The van der Waals surface area contributed by atoms with Crippen LogP contribution in [0.4, 0.5) is 0 Å². The maximum atomic E-state index is 12.9. The summed E-state index contributed by atoms with van der Waals surface area (Å²) in [6.45, 7) is 0. The maximum absolute atomic E-state index is 12.9. The van der Waals surface area contributed by atoms with Crippen LogP contribution in [0.15, 0.2) is 54.7 Å². The van der Waals surface area contributed by atoms with Gasteiger partial charge in [0.2, 0.25) is 6.41 Å². The molecule has 32 heavy (non-hydrogen) atoms. The fourth-order valence-electron chi connectivity index (χ4n) is 3.35. The lowest BCUT2D eigenvalue weighted by Crippen LogP contribution is -2.30. The van der Waals surface area contributed by atoms with Gasteiger partial charge in [-0.1, -0.05) is 24.3 Å². The number of carbonyl (C=O) groups excluding carboxylic acids is 2. The molecule has 0 aliphatic heterocycles. The van der Waals surface area contributed by atoms with Gasteiger partial charge in [0, 0.05) is 11.6 Å². The number of rotatable bonds is 9. The normalized spacial score (nSPS) is 12.2. The molecule has 1 N–H and O–H groups in total. The van der Waals surface area contributed by atoms with Crippen molar-refractivity contribution in [2.45, 2.75) is 11.8 Å². The van der Waals surface area contributed by atoms with Gasteiger partial charge >= 0.3 is 5.97 Å². The highest BCUT2D eigenvalue weighted by Crippen LogP contribution is 2.28. The molecule has 3 rings (SSSR count). The van der Waals surface area contributed by atoms with Crippen molar-refractivity contribution in [2.75, 3.05) is 20.0 Å². The number of hydrogen-bond acceptors (Lipinski definition) is 8. The Balaban J connectivity index is 1.92. The number of para-hydroxylation sites is 1. The number of sulfone groups is 1. The lowest BCUT2D eigenvalue weighted by Gasteiger charge is -2.23. The minimum Gasteiger partial charge on any atom is -0.496 e. The Morgan fingerprint density at radius 3 is 2.62 bits per heavy atom. The van der Waals surface area contributed by atoms with Crippen LogP contribution in [0.5, 0.6) is 5.75 Å². The van der Waals surface area contributed by atoms with Gasteiger partial charge in [-0.3, -0.25) is 15.0 Å². The molecule has 1 unspecified atom stereocenters. The number of hydroxylamine groups is 2. The van der Waals surface area contributed by atoms with Crippen molar-refractivity contribution in [3.05, 3.63) is 71.4 Å². The number of aromatic nitrogens is 1. The Hall–Kier alpha value is -3.50. The van der Waals surface area contributed by atoms with Crippen molar-refractivity contribution in [3.63, 3.8) is 0 Å². The Bertz CT molecular complexity index is 1240. The lowest BCUT2D eigenvalue weighted by molar-refractivity contribution is -0.158. The number of benzene rings is 2. The molecule has 1 heterocycles. The van der Waals surface area contributed by atoms with Gasteiger partial charge in [0.1, 0.15) is 11.3 Å². The average Bonchev–Trinajstić information content (AvgIpc) is 2.80. The second kappa shape index (κ2) is 9.75. The molecule has 0 spiro atoms. The van der Waals surface area contributed by atoms with Crippen LogP contribution in [0.3, 0.4) is 0 Å². The van der Waals surface area contributed by atoms with Crippen LogP contribution in [0.2, 0.25) is 0 Å². The minimum absolute atomic E-state index is 0.0351. The molecule has 3 aromatic rings. The van der Waals surface area contributed by atoms with Gasteiger partial charge in [-0.2, -0.15) is 0 Å². The number of carbonyl (C=O) groups is 2. The van der Waals surface area contributed by atoms with Crippen molar-refractivity contribution in [1.29, 1.82) is 0 Å². The number of amides is 1. The quantitative estimate of drug-likeness (QED) is 0.225. The molecule has 0 aliphatic carbocycles. The third kappa shape index (κ3) is 5.21. The van der Waals surface area contributed by atoms with Crippen molar-refractivity contribution >= 4 is 33.1 Å². The van der Waals surface area contributed by atoms with E-state index in [1.54, 1.807) is 6.07 Å². The van der Waals surface area contributed by atoms with Gasteiger partial charge in [0.25, 0.3) is 0 Å². The Morgan fingerprint density at radius 1 is 1.19 bits per heavy atom. The standard InChI is InChI=1S/C22H22N2O7S/c1-30-21-8-7-17(10-18(21)22(26)31-2)20(24(27)14-25)13-32(28,29)12-15-9-16-5-3-4-6-19(16)23-11-15/h3-11,14,20,27H,12-13H2,1-2H3. The largest absolute Gasteiger partial charge is 0.496 e. The molecular weight excluding hydrogens is 436 g/mol. The van der Waals surface area contributed by atoms with Gasteiger partial charge < -0.3 is 9.47 Å². The number of ether oxygens (including phenoxy) is 2. The van der Waals surface area contributed by atoms with Crippen LogP contribution in [0.1, 0.15) is 27.5 Å². The van der Waals surface area contributed by atoms with Crippen LogP contribution in [-0.4, -0.2) is 56.0 Å². The first-order chi connectivity index (χ1) is 15.3. The SMILES string of the molecule is COC(=O)c1cc(C(CS(=O)(=O)Cc2cnc3ccccc3c2)N(O)C=O)ccc1OC. The summed E-state index contributed by atoms with van der Waals surface area (Å²) in [5.74, 6) is -1.42. The van der Waals surface area contributed by atoms with E-state index in [4.69, 9.17) is 9.47 Å². The number of esters is 1. The van der Waals surface area contributed by atoms with E-state index in [-0.39, 0.29) is 34.1 Å². The molecule has 0 bridgehead atoms. The van der Waals surface area contributed by atoms with E-state index in [0.717, 1.165) is 10.9 Å².